The number of hydrogen-bond acceptors (Lipinski definition) is 4. The minimum atomic E-state index is -0.928. The van der Waals surface area contributed by atoms with Gasteiger partial charge in [-0.25, -0.2) is 0 Å². The van der Waals surface area contributed by atoms with E-state index in [1.54, 1.807) is 37.1 Å². The van der Waals surface area contributed by atoms with Crippen LogP contribution in [0, 0.1) is 12.8 Å². The van der Waals surface area contributed by atoms with Gasteiger partial charge in [0.2, 0.25) is 0 Å². The van der Waals surface area contributed by atoms with Crippen molar-refractivity contribution >= 4 is 23.5 Å². The SMILES string of the molecule is Cc1c(Cl)c(C(=O)N2C[C@H](C(=O)O)[C@@H](c3cccnc3)C2)nn1C. The Kier molecular flexibility index (Phi) is 4.28. The first-order valence-electron chi connectivity index (χ1n) is 7.51. The molecule has 2 aromatic rings. The van der Waals surface area contributed by atoms with E-state index in [4.69, 9.17) is 11.6 Å². The fourth-order valence-electron chi connectivity index (χ4n) is 3.02. The molecule has 2 atom stereocenters. The molecule has 3 rings (SSSR count). The summed E-state index contributed by atoms with van der Waals surface area (Å²) in [6.45, 7) is 2.20. The first kappa shape index (κ1) is 16.4. The van der Waals surface area contributed by atoms with E-state index in [9.17, 15) is 14.7 Å². The molecular formula is C16H17ClN4O3. The summed E-state index contributed by atoms with van der Waals surface area (Å²) in [6, 6.07) is 3.59. The van der Waals surface area contributed by atoms with Crippen molar-refractivity contribution in [3.63, 3.8) is 0 Å². The molecule has 1 saturated heterocycles. The lowest BCUT2D eigenvalue weighted by atomic mass is 9.90. The molecule has 1 fully saturated rings. The Balaban J connectivity index is 1.89. The molecule has 0 radical (unpaired) electrons. The maximum absolute atomic E-state index is 12.7. The summed E-state index contributed by atoms with van der Waals surface area (Å²) in [6.07, 6.45) is 3.28. The Bertz CT molecular complexity index is 790. The second-order valence-corrected chi connectivity index (χ2v) is 6.30. The van der Waals surface area contributed by atoms with Crippen LogP contribution in [0.15, 0.2) is 24.5 Å². The molecule has 24 heavy (non-hydrogen) atoms. The highest BCUT2D eigenvalue weighted by Gasteiger charge is 2.41. The molecule has 3 heterocycles. The first-order valence-corrected chi connectivity index (χ1v) is 7.89. The van der Waals surface area contributed by atoms with Gasteiger partial charge < -0.3 is 10.0 Å². The highest BCUT2D eigenvalue weighted by atomic mass is 35.5. The van der Waals surface area contributed by atoms with Crippen molar-refractivity contribution in [3.05, 3.63) is 46.5 Å². The van der Waals surface area contributed by atoms with Gasteiger partial charge in [0.05, 0.1) is 16.6 Å². The van der Waals surface area contributed by atoms with Crippen LogP contribution in [-0.2, 0) is 11.8 Å². The summed E-state index contributed by atoms with van der Waals surface area (Å²) in [4.78, 5) is 29.9. The van der Waals surface area contributed by atoms with Crippen LogP contribution in [0.3, 0.4) is 0 Å². The van der Waals surface area contributed by atoms with Crippen molar-refractivity contribution in [1.29, 1.82) is 0 Å². The molecule has 0 spiro atoms. The monoisotopic (exact) mass is 348 g/mol. The largest absolute Gasteiger partial charge is 0.481 e. The fourth-order valence-corrected chi connectivity index (χ4v) is 3.26. The molecule has 0 aromatic carbocycles. The number of likely N-dealkylation sites (tertiary alicyclic amines) is 1. The lowest BCUT2D eigenvalue weighted by Gasteiger charge is -2.15. The van der Waals surface area contributed by atoms with Crippen LogP contribution in [0.4, 0.5) is 0 Å². The Hall–Kier alpha value is -2.41. The fraction of sp³-hybridized carbons (Fsp3) is 0.375. The second-order valence-electron chi connectivity index (χ2n) is 5.92. The van der Waals surface area contributed by atoms with Gasteiger partial charge in [0.25, 0.3) is 5.91 Å². The lowest BCUT2D eigenvalue weighted by molar-refractivity contribution is -0.141. The summed E-state index contributed by atoms with van der Waals surface area (Å²) in [5.41, 5.74) is 1.66. The van der Waals surface area contributed by atoms with Crippen LogP contribution in [-0.4, -0.2) is 49.7 Å². The molecule has 7 nitrogen and oxygen atoms in total. The third-order valence-corrected chi connectivity index (χ3v) is 4.95. The molecule has 1 aliphatic rings. The molecular weight excluding hydrogens is 332 g/mol. The average Bonchev–Trinajstić information content (AvgIpc) is 3.13. The molecule has 1 amide bonds. The van der Waals surface area contributed by atoms with Crippen LogP contribution in [0.1, 0.15) is 27.7 Å². The normalized spacial score (nSPS) is 20.4. The van der Waals surface area contributed by atoms with Crippen molar-refractivity contribution in [2.45, 2.75) is 12.8 Å². The van der Waals surface area contributed by atoms with Gasteiger partial charge in [0.1, 0.15) is 0 Å². The van der Waals surface area contributed by atoms with Crippen molar-refractivity contribution in [1.82, 2.24) is 19.7 Å². The molecule has 1 aliphatic heterocycles. The van der Waals surface area contributed by atoms with E-state index in [2.05, 4.69) is 10.1 Å². The van der Waals surface area contributed by atoms with Gasteiger partial charge in [0.15, 0.2) is 5.69 Å². The number of rotatable bonds is 3. The maximum Gasteiger partial charge on any atom is 0.308 e. The highest BCUT2D eigenvalue weighted by molar-refractivity contribution is 6.34. The standard InChI is InChI=1S/C16H17ClN4O3/c1-9-13(17)14(19-20(9)2)15(22)21-7-11(12(8-21)16(23)24)10-4-3-5-18-6-10/h3-6,11-12H,7-8H2,1-2H3,(H,23,24)/t11-,12+/m1/s1. The maximum atomic E-state index is 12.7. The van der Waals surface area contributed by atoms with E-state index in [0.717, 1.165) is 5.56 Å². The number of carbonyl (C=O) groups excluding carboxylic acids is 1. The highest BCUT2D eigenvalue weighted by Crippen LogP contribution is 2.34. The Morgan fingerprint density at radius 1 is 1.38 bits per heavy atom. The summed E-state index contributed by atoms with van der Waals surface area (Å²) >= 11 is 6.18. The number of carbonyl (C=O) groups is 2. The van der Waals surface area contributed by atoms with E-state index < -0.39 is 11.9 Å². The number of carboxylic acids is 1. The van der Waals surface area contributed by atoms with Gasteiger partial charge >= 0.3 is 5.97 Å². The number of aromatic nitrogens is 3. The minimum Gasteiger partial charge on any atom is -0.481 e. The summed E-state index contributed by atoms with van der Waals surface area (Å²) in [5.74, 6) is -2.26. The molecule has 0 unspecified atom stereocenters. The summed E-state index contributed by atoms with van der Waals surface area (Å²) in [7, 11) is 1.71. The van der Waals surface area contributed by atoms with Crippen molar-refractivity contribution < 1.29 is 14.7 Å². The number of carboxylic acid groups (broad SMARTS) is 1. The zero-order valence-electron chi connectivity index (χ0n) is 13.3. The smallest absolute Gasteiger partial charge is 0.308 e. The van der Waals surface area contributed by atoms with Crippen LogP contribution in [0.5, 0.6) is 0 Å². The van der Waals surface area contributed by atoms with Crippen LogP contribution < -0.4 is 0 Å². The molecule has 0 saturated carbocycles. The van der Waals surface area contributed by atoms with E-state index in [0.29, 0.717) is 17.3 Å². The lowest BCUT2D eigenvalue weighted by Crippen LogP contribution is -2.30. The molecule has 1 N–H and O–H groups in total. The van der Waals surface area contributed by atoms with Crippen LogP contribution in [0.2, 0.25) is 5.02 Å². The number of halogens is 1. The molecule has 126 valence electrons. The van der Waals surface area contributed by atoms with Gasteiger partial charge in [0, 0.05) is 38.4 Å². The summed E-state index contributed by atoms with van der Waals surface area (Å²) in [5, 5.41) is 14.0. The minimum absolute atomic E-state index is 0.125. The third kappa shape index (κ3) is 2.75. The second kappa shape index (κ2) is 6.24. The zero-order chi connectivity index (χ0) is 17.4. The zero-order valence-corrected chi connectivity index (χ0v) is 14.1. The van der Waals surface area contributed by atoms with Gasteiger partial charge in [-0.2, -0.15) is 5.10 Å². The molecule has 0 aliphatic carbocycles. The molecule has 0 bridgehead atoms. The molecule has 2 aromatic heterocycles. The number of hydrogen-bond donors (Lipinski definition) is 1. The average molecular weight is 349 g/mol. The van der Waals surface area contributed by atoms with Gasteiger partial charge in [-0.05, 0) is 18.6 Å². The topological polar surface area (TPSA) is 88.3 Å². The predicted octanol–water partition coefficient (Wildman–Crippen LogP) is 1.72. The predicted molar refractivity (Wildman–Crippen MR) is 87.0 cm³/mol. The van der Waals surface area contributed by atoms with Crippen molar-refractivity contribution in [3.8, 4) is 0 Å². The third-order valence-electron chi connectivity index (χ3n) is 4.50. The van der Waals surface area contributed by atoms with E-state index in [1.807, 2.05) is 6.07 Å². The van der Waals surface area contributed by atoms with E-state index in [-0.39, 0.29) is 24.1 Å². The van der Waals surface area contributed by atoms with E-state index >= 15 is 0 Å². The van der Waals surface area contributed by atoms with Gasteiger partial charge in [-0.15, -0.1) is 0 Å². The number of amides is 1. The van der Waals surface area contributed by atoms with Crippen LogP contribution >= 0.6 is 11.6 Å². The van der Waals surface area contributed by atoms with Crippen LogP contribution in [0.25, 0.3) is 0 Å². The number of nitrogens with zero attached hydrogens (tertiary/aromatic N) is 4. The Morgan fingerprint density at radius 3 is 2.67 bits per heavy atom. The quantitative estimate of drug-likeness (QED) is 0.912. The number of pyridine rings is 1. The first-order chi connectivity index (χ1) is 11.4. The van der Waals surface area contributed by atoms with Crippen molar-refractivity contribution in [2.24, 2.45) is 13.0 Å². The van der Waals surface area contributed by atoms with Crippen molar-refractivity contribution in [2.75, 3.05) is 13.1 Å². The van der Waals surface area contributed by atoms with Gasteiger partial charge in [-0.3, -0.25) is 19.3 Å². The number of aryl methyl sites for hydroxylation is 1. The Labute approximate surface area is 143 Å². The Morgan fingerprint density at radius 2 is 2.12 bits per heavy atom. The summed E-state index contributed by atoms with van der Waals surface area (Å²) < 4.78 is 1.54. The molecule has 8 heteroatoms. The number of aliphatic carboxylic acids is 1. The van der Waals surface area contributed by atoms with Gasteiger partial charge in [-0.1, -0.05) is 17.7 Å². The van der Waals surface area contributed by atoms with E-state index in [1.165, 1.54) is 4.90 Å².